The van der Waals surface area contributed by atoms with Crippen molar-refractivity contribution in [1.82, 2.24) is 15.5 Å². The fourth-order valence-corrected chi connectivity index (χ4v) is 3.16. The van der Waals surface area contributed by atoms with Crippen molar-refractivity contribution < 1.29 is 4.74 Å². The highest BCUT2D eigenvalue weighted by Gasteiger charge is 2.11. The number of aromatic nitrogens is 2. The highest BCUT2D eigenvalue weighted by Crippen LogP contribution is 2.23. The maximum atomic E-state index is 12.2. The van der Waals surface area contributed by atoms with Crippen LogP contribution >= 0.6 is 0 Å². The predicted octanol–water partition coefficient (Wildman–Crippen LogP) is 3.17. The summed E-state index contributed by atoms with van der Waals surface area (Å²) in [4.78, 5) is 14.3. The summed E-state index contributed by atoms with van der Waals surface area (Å²) in [7, 11) is 5.69. The Morgan fingerprint density at radius 3 is 2.36 bits per heavy atom. The van der Waals surface area contributed by atoms with E-state index in [9.17, 15) is 4.79 Å². The van der Waals surface area contributed by atoms with Gasteiger partial charge in [0.1, 0.15) is 5.75 Å². The van der Waals surface area contributed by atoms with Gasteiger partial charge in [-0.3, -0.25) is 15.0 Å². The first-order valence-corrected chi connectivity index (χ1v) is 9.49. The quantitative estimate of drug-likeness (QED) is 0.499. The maximum absolute atomic E-state index is 12.2. The Hall–Kier alpha value is -2.99. The fourth-order valence-electron chi connectivity index (χ4n) is 3.16. The van der Waals surface area contributed by atoms with Crippen molar-refractivity contribution >= 4 is 5.69 Å². The summed E-state index contributed by atoms with van der Waals surface area (Å²) >= 11 is 0. The average Bonchev–Trinajstić information content (AvgIpc) is 3.08. The molecule has 0 fully saturated rings. The smallest absolute Gasteiger partial charge is 0.267 e. The van der Waals surface area contributed by atoms with Gasteiger partial charge >= 0.3 is 0 Å². The first kappa shape index (κ1) is 19.8. The molecule has 148 valence electrons. The molecule has 6 nitrogen and oxygen atoms in total. The van der Waals surface area contributed by atoms with E-state index in [0.717, 1.165) is 54.2 Å². The number of nitrogens with one attached hydrogen (secondary N) is 3. The molecule has 3 rings (SSSR count). The van der Waals surface area contributed by atoms with Crippen molar-refractivity contribution in [2.75, 3.05) is 32.6 Å². The molecular formula is C22H28N4O2. The van der Waals surface area contributed by atoms with Gasteiger partial charge in [-0.15, -0.1) is 0 Å². The van der Waals surface area contributed by atoms with Gasteiger partial charge in [-0.25, -0.2) is 0 Å². The second-order valence-electron chi connectivity index (χ2n) is 7.00. The number of hydrogen-bond acceptors (Lipinski definition) is 4. The second kappa shape index (κ2) is 9.28. The largest absolute Gasteiger partial charge is 0.497 e. The zero-order chi connectivity index (χ0) is 19.9. The van der Waals surface area contributed by atoms with E-state index >= 15 is 0 Å². The van der Waals surface area contributed by atoms with E-state index in [0.29, 0.717) is 0 Å². The summed E-state index contributed by atoms with van der Waals surface area (Å²) < 4.78 is 5.17. The van der Waals surface area contributed by atoms with Crippen molar-refractivity contribution in [3.05, 3.63) is 70.0 Å². The van der Waals surface area contributed by atoms with E-state index in [1.165, 1.54) is 5.56 Å². The molecule has 3 N–H and O–H groups in total. The molecule has 0 aliphatic heterocycles. The Morgan fingerprint density at radius 1 is 1.00 bits per heavy atom. The van der Waals surface area contributed by atoms with E-state index < -0.39 is 0 Å². The van der Waals surface area contributed by atoms with Gasteiger partial charge in [0.2, 0.25) is 0 Å². The molecule has 0 saturated carbocycles. The number of ether oxygens (including phenoxy) is 1. The van der Waals surface area contributed by atoms with Crippen LogP contribution in [0.2, 0.25) is 0 Å². The third-order valence-electron chi connectivity index (χ3n) is 4.82. The number of anilines is 1. The third kappa shape index (κ3) is 4.84. The highest BCUT2D eigenvalue weighted by molar-refractivity contribution is 5.65. The molecule has 6 heteroatoms. The molecule has 0 radical (unpaired) electrons. The first-order chi connectivity index (χ1) is 13.6. The fraction of sp³-hybridized carbons (Fsp3) is 0.318. The zero-order valence-electron chi connectivity index (χ0n) is 16.7. The zero-order valence-corrected chi connectivity index (χ0v) is 16.7. The maximum Gasteiger partial charge on any atom is 0.267 e. The number of methoxy groups -OCH3 is 1. The molecule has 1 heterocycles. The van der Waals surface area contributed by atoms with Gasteiger partial charge in [0.25, 0.3) is 5.56 Å². The molecule has 0 atom stereocenters. The standard InChI is InChI=1S/C22H28N4O2/c1-26(2)18-10-8-17(9-11-18)21-20(22(27)25-24-21)5-4-14-23-15-16-6-12-19(28-3)13-7-16/h6-13,23H,4-5,14-15H2,1-3H3,(H2,24,25,27). The normalized spacial score (nSPS) is 10.8. The van der Waals surface area contributed by atoms with Crippen LogP contribution in [0.4, 0.5) is 5.69 Å². The number of nitrogens with zero attached hydrogens (tertiary/aromatic N) is 1. The number of rotatable bonds is 9. The van der Waals surface area contributed by atoms with Crippen LogP contribution in [0.5, 0.6) is 5.75 Å². The van der Waals surface area contributed by atoms with Gasteiger partial charge in [0.05, 0.1) is 12.8 Å². The van der Waals surface area contributed by atoms with E-state index in [1.54, 1.807) is 7.11 Å². The Morgan fingerprint density at radius 2 is 1.71 bits per heavy atom. The third-order valence-corrected chi connectivity index (χ3v) is 4.82. The summed E-state index contributed by atoms with van der Waals surface area (Å²) in [6, 6.07) is 16.2. The van der Waals surface area contributed by atoms with Gasteiger partial charge in [0.15, 0.2) is 0 Å². The Labute approximate surface area is 165 Å². The predicted molar refractivity (Wildman–Crippen MR) is 114 cm³/mol. The van der Waals surface area contributed by atoms with Crippen LogP contribution in [-0.2, 0) is 13.0 Å². The van der Waals surface area contributed by atoms with Crippen molar-refractivity contribution in [3.63, 3.8) is 0 Å². The molecule has 0 unspecified atom stereocenters. The summed E-state index contributed by atoms with van der Waals surface area (Å²) in [6.07, 6.45) is 1.61. The van der Waals surface area contributed by atoms with Gasteiger partial charge in [0, 0.05) is 37.5 Å². The van der Waals surface area contributed by atoms with Crippen LogP contribution in [0, 0.1) is 0 Å². The second-order valence-corrected chi connectivity index (χ2v) is 7.00. The van der Waals surface area contributed by atoms with E-state index in [2.05, 4.69) is 44.7 Å². The van der Waals surface area contributed by atoms with Gasteiger partial charge < -0.3 is 15.0 Å². The summed E-state index contributed by atoms with van der Waals surface area (Å²) in [5.74, 6) is 0.863. The molecule has 2 aromatic carbocycles. The SMILES string of the molecule is COc1ccc(CNCCCc2c(-c3ccc(N(C)C)cc3)[nH][nH]c2=O)cc1. The minimum absolute atomic E-state index is 0.0400. The van der Waals surface area contributed by atoms with Crippen molar-refractivity contribution in [3.8, 4) is 17.0 Å². The van der Waals surface area contributed by atoms with Crippen molar-refractivity contribution in [2.45, 2.75) is 19.4 Å². The lowest BCUT2D eigenvalue weighted by molar-refractivity contribution is 0.414. The Bertz CT molecular complexity index is 924. The van der Waals surface area contributed by atoms with Gasteiger partial charge in [-0.2, -0.15) is 0 Å². The Balaban J connectivity index is 1.54. The molecule has 0 bridgehead atoms. The van der Waals surface area contributed by atoms with Crippen LogP contribution in [0.25, 0.3) is 11.3 Å². The molecule has 0 saturated heterocycles. The van der Waals surface area contributed by atoms with Crippen molar-refractivity contribution in [1.29, 1.82) is 0 Å². The lowest BCUT2D eigenvalue weighted by Gasteiger charge is -2.12. The van der Waals surface area contributed by atoms with Crippen molar-refractivity contribution in [2.24, 2.45) is 0 Å². The summed E-state index contributed by atoms with van der Waals surface area (Å²) in [5.41, 5.74) is 5.01. The highest BCUT2D eigenvalue weighted by atomic mass is 16.5. The van der Waals surface area contributed by atoms with E-state index in [4.69, 9.17) is 4.74 Å². The number of aromatic amines is 2. The lowest BCUT2D eigenvalue weighted by atomic mass is 10.0. The number of hydrogen-bond donors (Lipinski definition) is 3. The molecule has 28 heavy (non-hydrogen) atoms. The molecule has 0 spiro atoms. The minimum atomic E-state index is -0.0400. The van der Waals surface area contributed by atoms with Gasteiger partial charge in [-0.1, -0.05) is 24.3 Å². The summed E-state index contributed by atoms with van der Waals surface area (Å²) in [5, 5.41) is 9.19. The first-order valence-electron chi connectivity index (χ1n) is 9.49. The van der Waals surface area contributed by atoms with Crippen LogP contribution < -0.4 is 20.5 Å². The molecule has 3 aromatic rings. The number of benzene rings is 2. The Kier molecular flexibility index (Phi) is 6.55. The molecule has 0 aliphatic carbocycles. The topological polar surface area (TPSA) is 73.2 Å². The number of H-pyrrole nitrogens is 2. The average molecular weight is 380 g/mol. The monoisotopic (exact) mass is 380 g/mol. The molecule has 0 amide bonds. The van der Waals surface area contributed by atoms with Gasteiger partial charge in [-0.05, 0) is 49.2 Å². The van der Waals surface area contributed by atoms with Crippen LogP contribution in [0.1, 0.15) is 17.5 Å². The van der Waals surface area contributed by atoms with Crippen LogP contribution in [-0.4, -0.2) is 37.9 Å². The van der Waals surface area contributed by atoms with Crippen LogP contribution in [0.15, 0.2) is 53.3 Å². The molecule has 0 aliphatic rings. The molecular weight excluding hydrogens is 352 g/mol. The lowest BCUT2D eigenvalue weighted by Crippen LogP contribution is -2.16. The van der Waals surface area contributed by atoms with E-state index in [-0.39, 0.29) is 5.56 Å². The molecule has 1 aromatic heterocycles. The van der Waals surface area contributed by atoms with E-state index in [1.807, 2.05) is 38.4 Å². The minimum Gasteiger partial charge on any atom is -0.497 e. The van der Waals surface area contributed by atoms with Crippen LogP contribution in [0.3, 0.4) is 0 Å². The summed E-state index contributed by atoms with van der Waals surface area (Å²) in [6.45, 7) is 1.64.